The van der Waals surface area contributed by atoms with Gasteiger partial charge in [-0.3, -0.25) is 9.59 Å². The maximum Gasteiger partial charge on any atom is 0.227 e. The van der Waals surface area contributed by atoms with Crippen LogP contribution >= 0.6 is 12.4 Å². The molecule has 2 saturated carbocycles. The zero-order chi connectivity index (χ0) is 17.8. The van der Waals surface area contributed by atoms with Crippen LogP contribution in [0.4, 0.5) is 5.69 Å². The van der Waals surface area contributed by atoms with E-state index in [1.165, 1.54) is 6.42 Å². The minimum atomic E-state index is -0.388. The van der Waals surface area contributed by atoms with E-state index in [4.69, 9.17) is 16.2 Å². The number of anilines is 1. The number of fused-ring (bicyclic) bond motifs is 2. The molecular weight excluding hydrogens is 354 g/mol. The van der Waals surface area contributed by atoms with Gasteiger partial charge in [0.25, 0.3) is 0 Å². The van der Waals surface area contributed by atoms with E-state index in [2.05, 4.69) is 5.32 Å². The van der Waals surface area contributed by atoms with Gasteiger partial charge >= 0.3 is 0 Å². The first-order chi connectivity index (χ1) is 12.0. The predicted octanol–water partition coefficient (Wildman–Crippen LogP) is 2.45. The predicted molar refractivity (Wildman–Crippen MR) is 103 cm³/mol. The van der Waals surface area contributed by atoms with Gasteiger partial charge in [-0.25, -0.2) is 0 Å². The Bertz CT molecular complexity index is 609. The van der Waals surface area contributed by atoms with Crippen molar-refractivity contribution in [3.63, 3.8) is 0 Å². The molecule has 7 heteroatoms. The molecular formula is C19H28ClN3O3. The molecule has 26 heavy (non-hydrogen) atoms. The van der Waals surface area contributed by atoms with Gasteiger partial charge in [0.1, 0.15) is 5.75 Å². The summed E-state index contributed by atoms with van der Waals surface area (Å²) in [7, 11) is 0. The summed E-state index contributed by atoms with van der Waals surface area (Å²) in [4.78, 5) is 23.3. The molecule has 0 aromatic heterocycles. The number of hydrogen-bond acceptors (Lipinski definition) is 4. The molecule has 0 aliphatic heterocycles. The second-order valence-corrected chi connectivity index (χ2v) is 7.28. The SMILES string of the molecule is Cl.NC(=O)CCOc1ccc(NC(=O)C2CC3CCCC(C2)C3N)cc1. The fourth-order valence-electron chi connectivity index (χ4n) is 4.15. The molecule has 2 aliphatic carbocycles. The summed E-state index contributed by atoms with van der Waals surface area (Å²) in [6.07, 6.45) is 5.53. The van der Waals surface area contributed by atoms with E-state index in [1.54, 1.807) is 12.1 Å². The van der Waals surface area contributed by atoms with Crippen molar-refractivity contribution in [2.45, 2.75) is 44.6 Å². The first-order valence-corrected chi connectivity index (χ1v) is 9.10. The molecule has 2 unspecified atom stereocenters. The van der Waals surface area contributed by atoms with Crippen LogP contribution in [0.3, 0.4) is 0 Å². The van der Waals surface area contributed by atoms with Crippen LogP contribution in [0.2, 0.25) is 0 Å². The van der Waals surface area contributed by atoms with Crippen LogP contribution in [-0.2, 0) is 9.59 Å². The molecule has 0 radical (unpaired) electrons. The number of halogens is 1. The van der Waals surface area contributed by atoms with Crippen molar-refractivity contribution in [1.82, 2.24) is 0 Å². The molecule has 0 saturated heterocycles. The molecule has 6 nitrogen and oxygen atoms in total. The molecule has 2 amide bonds. The van der Waals surface area contributed by atoms with Gasteiger partial charge in [0.05, 0.1) is 13.0 Å². The van der Waals surface area contributed by atoms with Crippen molar-refractivity contribution in [1.29, 1.82) is 0 Å². The molecule has 2 fully saturated rings. The lowest BCUT2D eigenvalue weighted by Gasteiger charge is -2.43. The Hall–Kier alpha value is -1.79. The Morgan fingerprint density at radius 1 is 1.12 bits per heavy atom. The van der Waals surface area contributed by atoms with E-state index in [0.29, 0.717) is 17.6 Å². The van der Waals surface area contributed by atoms with Crippen molar-refractivity contribution < 1.29 is 14.3 Å². The van der Waals surface area contributed by atoms with Crippen molar-refractivity contribution >= 4 is 29.9 Å². The van der Waals surface area contributed by atoms with Crippen LogP contribution < -0.4 is 21.5 Å². The number of nitrogens with two attached hydrogens (primary N) is 2. The van der Waals surface area contributed by atoms with Gasteiger partial charge in [-0.15, -0.1) is 12.4 Å². The maximum absolute atomic E-state index is 12.6. The summed E-state index contributed by atoms with van der Waals surface area (Å²) in [5, 5.41) is 3.01. The van der Waals surface area contributed by atoms with Crippen molar-refractivity contribution in [2.24, 2.45) is 29.2 Å². The average Bonchev–Trinajstić information content (AvgIpc) is 2.56. The molecule has 3 rings (SSSR count). The second kappa shape index (κ2) is 9.24. The van der Waals surface area contributed by atoms with E-state index in [1.807, 2.05) is 12.1 Å². The van der Waals surface area contributed by atoms with Crippen molar-refractivity contribution in [3.8, 4) is 5.75 Å². The largest absolute Gasteiger partial charge is 0.493 e. The Morgan fingerprint density at radius 3 is 2.31 bits per heavy atom. The number of benzene rings is 1. The van der Waals surface area contributed by atoms with Crippen LogP contribution in [-0.4, -0.2) is 24.5 Å². The zero-order valence-electron chi connectivity index (χ0n) is 14.9. The number of carbonyl (C=O) groups is 2. The lowest BCUT2D eigenvalue weighted by Crippen LogP contribution is -2.48. The lowest BCUT2D eigenvalue weighted by atomic mass is 9.65. The smallest absolute Gasteiger partial charge is 0.227 e. The van der Waals surface area contributed by atoms with Gasteiger partial charge in [0, 0.05) is 17.6 Å². The highest BCUT2D eigenvalue weighted by atomic mass is 35.5. The third kappa shape index (κ3) is 5.11. The Kier molecular flexibility index (Phi) is 7.29. The van der Waals surface area contributed by atoms with E-state index in [9.17, 15) is 9.59 Å². The van der Waals surface area contributed by atoms with Crippen LogP contribution in [0.25, 0.3) is 0 Å². The maximum atomic E-state index is 12.6. The molecule has 0 heterocycles. The molecule has 2 bridgehead atoms. The number of rotatable bonds is 6. The van der Waals surface area contributed by atoms with Crippen LogP contribution in [0.15, 0.2) is 24.3 Å². The first kappa shape index (κ1) is 20.5. The third-order valence-corrected chi connectivity index (χ3v) is 5.52. The van der Waals surface area contributed by atoms with E-state index in [-0.39, 0.29) is 49.2 Å². The van der Waals surface area contributed by atoms with Crippen molar-refractivity contribution in [2.75, 3.05) is 11.9 Å². The Balaban J connectivity index is 0.00000243. The highest BCUT2D eigenvalue weighted by Crippen LogP contribution is 2.42. The Morgan fingerprint density at radius 2 is 1.73 bits per heavy atom. The Labute approximate surface area is 160 Å². The highest BCUT2D eigenvalue weighted by molar-refractivity contribution is 5.92. The van der Waals surface area contributed by atoms with Crippen molar-refractivity contribution in [3.05, 3.63) is 24.3 Å². The monoisotopic (exact) mass is 381 g/mol. The molecule has 0 spiro atoms. The molecule has 2 aliphatic rings. The second-order valence-electron chi connectivity index (χ2n) is 7.28. The molecule has 1 aromatic rings. The summed E-state index contributed by atoms with van der Waals surface area (Å²) < 4.78 is 5.43. The third-order valence-electron chi connectivity index (χ3n) is 5.52. The van der Waals surface area contributed by atoms with Crippen LogP contribution in [0.1, 0.15) is 38.5 Å². The standard InChI is InChI=1S/C19H27N3O3.ClH/c20-17(23)8-9-25-16-6-4-15(5-7-16)22-19(24)14-10-12-2-1-3-13(11-14)18(12)21;/h4-7,12-14,18H,1-3,8-11,21H2,(H2,20,23)(H,22,24);1H. The molecule has 2 atom stereocenters. The molecule has 5 N–H and O–H groups in total. The average molecular weight is 382 g/mol. The minimum Gasteiger partial charge on any atom is -0.493 e. The highest BCUT2D eigenvalue weighted by Gasteiger charge is 2.40. The number of carbonyl (C=O) groups excluding carboxylic acids is 2. The zero-order valence-corrected chi connectivity index (χ0v) is 15.7. The van der Waals surface area contributed by atoms with E-state index >= 15 is 0 Å². The lowest BCUT2D eigenvalue weighted by molar-refractivity contribution is -0.122. The number of nitrogens with one attached hydrogen (secondary N) is 1. The summed E-state index contributed by atoms with van der Waals surface area (Å²) in [6.45, 7) is 0.256. The number of amides is 2. The fourth-order valence-corrected chi connectivity index (χ4v) is 4.15. The normalized spacial score (nSPS) is 27.1. The van der Waals surface area contributed by atoms with E-state index in [0.717, 1.165) is 31.4 Å². The van der Waals surface area contributed by atoms with Gasteiger partial charge in [0.15, 0.2) is 0 Å². The number of hydrogen-bond donors (Lipinski definition) is 3. The topological polar surface area (TPSA) is 107 Å². The summed E-state index contributed by atoms with van der Waals surface area (Å²) in [5.74, 6) is 1.39. The van der Waals surface area contributed by atoms with Gasteiger partial charge in [-0.1, -0.05) is 6.42 Å². The van der Waals surface area contributed by atoms with Gasteiger partial charge in [-0.2, -0.15) is 0 Å². The summed E-state index contributed by atoms with van der Waals surface area (Å²) >= 11 is 0. The molecule has 144 valence electrons. The fraction of sp³-hybridized carbons (Fsp3) is 0.579. The summed E-state index contributed by atoms with van der Waals surface area (Å²) in [5.41, 5.74) is 12.1. The van der Waals surface area contributed by atoms with Gasteiger partial charge < -0.3 is 21.5 Å². The minimum absolute atomic E-state index is 0. The van der Waals surface area contributed by atoms with E-state index < -0.39 is 0 Å². The van der Waals surface area contributed by atoms with Gasteiger partial charge in [0.2, 0.25) is 11.8 Å². The van der Waals surface area contributed by atoms with Gasteiger partial charge in [-0.05, 0) is 61.8 Å². The first-order valence-electron chi connectivity index (χ1n) is 9.10. The summed E-state index contributed by atoms with van der Waals surface area (Å²) in [6, 6.07) is 7.46. The van der Waals surface area contributed by atoms with Crippen LogP contribution in [0, 0.1) is 17.8 Å². The molecule has 1 aromatic carbocycles. The number of ether oxygens (including phenoxy) is 1. The number of primary amides is 1. The quantitative estimate of drug-likeness (QED) is 0.703. The van der Waals surface area contributed by atoms with Crippen LogP contribution in [0.5, 0.6) is 5.75 Å².